The van der Waals surface area contributed by atoms with Gasteiger partial charge in [-0.1, -0.05) is 0 Å². The highest BCUT2D eigenvalue weighted by Gasteiger charge is 2.46. The Morgan fingerprint density at radius 1 is 1.41 bits per heavy atom. The minimum Gasteiger partial charge on any atom is -0.341 e. The van der Waals surface area contributed by atoms with Gasteiger partial charge in [0.15, 0.2) is 5.65 Å². The fourth-order valence-corrected chi connectivity index (χ4v) is 4.45. The minimum absolute atomic E-state index is 0.0843. The van der Waals surface area contributed by atoms with Crippen LogP contribution in [-0.4, -0.2) is 38.5 Å². The molecule has 1 amide bonds. The maximum Gasteiger partial charge on any atom is 0.273 e. The Bertz CT molecular complexity index is 1050. The molecule has 1 aliphatic rings. The fourth-order valence-electron chi connectivity index (χ4n) is 3.53. The van der Waals surface area contributed by atoms with E-state index >= 15 is 0 Å². The molecule has 1 aliphatic carbocycles. The van der Waals surface area contributed by atoms with E-state index in [1.54, 1.807) is 12.1 Å². The molecule has 0 bridgehead atoms. The number of nitrogens with one attached hydrogen (secondary N) is 1. The monoisotopic (exact) mass is 427 g/mol. The second-order valence-corrected chi connectivity index (χ2v) is 7.98. The Morgan fingerprint density at radius 2 is 2.21 bits per heavy atom. The molecule has 6 nitrogen and oxygen atoms in total. The van der Waals surface area contributed by atoms with Crippen LogP contribution in [0.15, 0.2) is 30.6 Å². The Hall–Kier alpha value is -2.53. The molecule has 154 valence electrons. The first-order valence-corrected chi connectivity index (χ1v) is 9.75. The summed E-state index contributed by atoms with van der Waals surface area (Å²) in [6, 6.07) is 2.12. The Morgan fingerprint density at radius 3 is 2.93 bits per heavy atom. The van der Waals surface area contributed by atoms with Gasteiger partial charge in [-0.15, -0.1) is 11.3 Å². The van der Waals surface area contributed by atoms with E-state index in [1.165, 1.54) is 23.0 Å². The molecule has 1 unspecified atom stereocenters. The van der Waals surface area contributed by atoms with Crippen LogP contribution in [0.4, 0.5) is 17.6 Å². The number of thiophene rings is 1. The molecule has 3 aromatic heterocycles. The van der Waals surface area contributed by atoms with Gasteiger partial charge >= 0.3 is 0 Å². The lowest BCUT2D eigenvalue weighted by Crippen LogP contribution is -2.59. The molecular weight excluding hydrogens is 410 g/mol. The lowest BCUT2D eigenvalue weighted by atomic mass is 9.87. The summed E-state index contributed by atoms with van der Waals surface area (Å²) in [5, 5.41) is 6.34. The number of amides is 1. The Balaban J connectivity index is 1.69. The van der Waals surface area contributed by atoms with Gasteiger partial charge in [0.05, 0.1) is 21.6 Å². The van der Waals surface area contributed by atoms with Crippen molar-refractivity contribution in [3.63, 3.8) is 0 Å². The SMILES string of the molecule is N[C@H]1CCCC(F)(F)C1NC(=O)c1cc(-c2cnc3cccnn23)c(C(F)F)s1. The fraction of sp³-hybridized carbons (Fsp3) is 0.389. The van der Waals surface area contributed by atoms with Crippen molar-refractivity contribution in [1.82, 2.24) is 19.9 Å². The third-order valence-electron chi connectivity index (χ3n) is 4.95. The van der Waals surface area contributed by atoms with E-state index in [0.29, 0.717) is 23.4 Å². The van der Waals surface area contributed by atoms with Gasteiger partial charge in [-0.25, -0.2) is 27.1 Å². The van der Waals surface area contributed by atoms with Crippen LogP contribution in [0.1, 0.15) is 40.2 Å². The van der Waals surface area contributed by atoms with E-state index in [-0.39, 0.29) is 33.9 Å². The van der Waals surface area contributed by atoms with Gasteiger partial charge in [0.25, 0.3) is 18.3 Å². The summed E-state index contributed by atoms with van der Waals surface area (Å²) in [6.07, 6.45) is 0.240. The lowest BCUT2D eigenvalue weighted by molar-refractivity contribution is -0.0674. The highest BCUT2D eigenvalue weighted by atomic mass is 32.1. The number of rotatable bonds is 4. The van der Waals surface area contributed by atoms with E-state index in [4.69, 9.17) is 5.73 Å². The molecule has 0 saturated heterocycles. The molecular formula is C18H17F4N5OS. The Labute approximate surface area is 166 Å². The molecule has 3 N–H and O–H groups in total. The van der Waals surface area contributed by atoms with Crippen LogP contribution in [0, 0.1) is 0 Å². The first-order valence-electron chi connectivity index (χ1n) is 8.93. The normalized spacial score (nSPS) is 21.6. The van der Waals surface area contributed by atoms with Gasteiger partial charge in [0, 0.05) is 24.2 Å². The van der Waals surface area contributed by atoms with Crippen molar-refractivity contribution in [2.75, 3.05) is 0 Å². The zero-order chi connectivity index (χ0) is 20.8. The first-order chi connectivity index (χ1) is 13.8. The van der Waals surface area contributed by atoms with E-state index < -0.39 is 30.3 Å². The molecule has 0 radical (unpaired) electrons. The number of nitrogens with two attached hydrogens (primary N) is 1. The second kappa shape index (κ2) is 7.38. The molecule has 11 heteroatoms. The van der Waals surface area contributed by atoms with E-state index in [9.17, 15) is 22.4 Å². The van der Waals surface area contributed by atoms with Crippen molar-refractivity contribution in [3.05, 3.63) is 40.3 Å². The van der Waals surface area contributed by atoms with Crippen molar-refractivity contribution in [3.8, 4) is 11.3 Å². The largest absolute Gasteiger partial charge is 0.341 e. The predicted molar refractivity (Wildman–Crippen MR) is 99.3 cm³/mol. The summed E-state index contributed by atoms with van der Waals surface area (Å²) in [7, 11) is 0. The molecule has 4 rings (SSSR count). The number of fused-ring (bicyclic) bond motifs is 1. The van der Waals surface area contributed by atoms with Crippen LogP contribution in [-0.2, 0) is 0 Å². The number of hydrogen-bond acceptors (Lipinski definition) is 5. The van der Waals surface area contributed by atoms with Crippen LogP contribution < -0.4 is 11.1 Å². The average Bonchev–Trinajstić information content (AvgIpc) is 3.28. The van der Waals surface area contributed by atoms with Crippen LogP contribution in [0.3, 0.4) is 0 Å². The van der Waals surface area contributed by atoms with Gasteiger partial charge in [0.2, 0.25) is 0 Å². The average molecular weight is 427 g/mol. The summed E-state index contributed by atoms with van der Waals surface area (Å²) in [6.45, 7) is 0. The number of imidazole rings is 1. The summed E-state index contributed by atoms with van der Waals surface area (Å²) < 4.78 is 57.0. The third-order valence-corrected chi connectivity index (χ3v) is 6.10. The molecule has 2 atom stereocenters. The second-order valence-electron chi connectivity index (χ2n) is 6.89. The van der Waals surface area contributed by atoms with Crippen molar-refractivity contribution < 1.29 is 22.4 Å². The highest BCUT2D eigenvalue weighted by Crippen LogP contribution is 2.39. The van der Waals surface area contributed by atoms with E-state index in [1.807, 2.05) is 0 Å². The zero-order valence-corrected chi connectivity index (χ0v) is 15.8. The van der Waals surface area contributed by atoms with Crippen LogP contribution in [0.2, 0.25) is 0 Å². The number of alkyl halides is 4. The third kappa shape index (κ3) is 3.60. The molecule has 29 heavy (non-hydrogen) atoms. The summed E-state index contributed by atoms with van der Waals surface area (Å²) in [5.41, 5.74) is 6.59. The number of nitrogens with zero attached hydrogens (tertiary/aromatic N) is 3. The van der Waals surface area contributed by atoms with Crippen LogP contribution >= 0.6 is 11.3 Å². The molecule has 3 heterocycles. The van der Waals surface area contributed by atoms with E-state index in [2.05, 4.69) is 15.4 Å². The first kappa shape index (κ1) is 19.8. The van der Waals surface area contributed by atoms with Gasteiger partial charge in [-0.05, 0) is 31.0 Å². The topological polar surface area (TPSA) is 85.3 Å². The summed E-state index contributed by atoms with van der Waals surface area (Å²) >= 11 is 0.556. The molecule has 0 aromatic carbocycles. The number of carbonyl (C=O) groups excluding carboxylic acids is 1. The van der Waals surface area contributed by atoms with Gasteiger partial charge in [-0.3, -0.25) is 4.79 Å². The van der Waals surface area contributed by atoms with Crippen molar-refractivity contribution in [1.29, 1.82) is 0 Å². The quantitative estimate of drug-likeness (QED) is 0.623. The number of carbonyl (C=O) groups is 1. The van der Waals surface area contributed by atoms with Gasteiger partial charge < -0.3 is 11.1 Å². The highest BCUT2D eigenvalue weighted by molar-refractivity contribution is 7.14. The van der Waals surface area contributed by atoms with Crippen LogP contribution in [0.5, 0.6) is 0 Å². The smallest absolute Gasteiger partial charge is 0.273 e. The number of hydrogen-bond donors (Lipinski definition) is 2. The van der Waals surface area contributed by atoms with Crippen molar-refractivity contribution in [2.24, 2.45) is 5.73 Å². The van der Waals surface area contributed by atoms with Crippen molar-refractivity contribution >= 4 is 22.9 Å². The summed E-state index contributed by atoms with van der Waals surface area (Å²) in [4.78, 5) is 16.3. The minimum atomic E-state index is -3.15. The standard InChI is InChI=1S/C18H17F4N5OS/c19-16(20)14-9(11-8-24-13-4-2-6-25-27(11)13)7-12(29-14)17(28)26-15-10(23)3-1-5-18(15,21)22/h2,4,6-8,10,15-16H,1,3,5,23H2,(H,26,28)/t10-,15?/m0/s1. The Kier molecular flexibility index (Phi) is 5.03. The lowest BCUT2D eigenvalue weighted by Gasteiger charge is -2.36. The number of halogens is 4. The zero-order valence-electron chi connectivity index (χ0n) is 15.0. The van der Waals surface area contributed by atoms with Gasteiger partial charge in [-0.2, -0.15) is 5.10 Å². The molecule has 0 spiro atoms. The molecule has 1 saturated carbocycles. The molecule has 0 aliphatic heterocycles. The predicted octanol–water partition coefficient (Wildman–Crippen LogP) is 3.64. The maximum atomic E-state index is 14.2. The van der Waals surface area contributed by atoms with E-state index in [0.717, 1.165) is 0 Å². The number of aromatic nitrogens is 3. The molecule has 3 aromatic rings. The molecule has 1 fully saturated rings. The summed E-state index contributed by atoms with van der Waals surface area (Å²) in [5.74, 6) is -4.00. The van der Waals surface area contributed by atoms with Crippen molar-refractivity contribution in [2.45, 2.75) is 43.7 Å². The van der Waals surface area contributed by atoms with Crippen LogP contribution in [0.25, 0.3) is 16.9 Å². The van der Waals surface area contributed by atoms with Gasteiger partial charge in [0.1, 0.15) is 6.04 Å². The maximum absolute atomic E-state index is 14.2.